The highest BCUT2D eigenvalue weighted by Gasteiger charge is 2.30. The summed E-state index contributed by atoms with van der Waals surface area (Å²) in [6.07, 6.45) is -0.821. The van der Waals surface area contributed by atoms with Crippen LogP contribution in [-0.4, -0.2) is 50.9 Å². The molecule has 1 saturated heterocycles. The number of piperazine rings is 1. The Labute approximate surface area is 194 Å². The third-order valence-electron chi connectivity index (χ3n) is 5.46. The van der Waals surface area contributed by atoms with E-state index in [1.807, 2.05) is 11.1 Å². The normalized spacial score (nSPS) is 15.0. The molecular weight excluding hydrogens is 454 g/mol. The van der Waals surface area contributed by atoms with Crippen molar-refractivity contribution in [2.45, 2.75) is 19.3 Å². The summed E-state index contributed by atoms with van der Waals surface area (Å²) in [5.74, 6) is -0.276. The largest absolute Gasteiger partial charge is 0.416 e. The van der Waals surface area contributed by atoms with E-state index in [9.17, 15) is 17.6 Å². The number of halogens is 4. The number of hydrogen-bond donors (Lipinski definition) is 1. The van der Waals surface area contributed by atoms with Crippen molar-refractivity contribution in [1.82, 2.24) is 19.6 Å². The summed E-state index contributed by atoms with van der Waals surface area (Å²) in [6, 6.07) is 11.7. The highest BCUT2D eigenvalue weighted by Crippen LogP contribution is 2.29. The standard InChI is InChI=1S/C23H23F4N5S/c24-20-6-4-17(5-7-20)15-32-16-21(13-28-32)29-22(33)31-10-8-30(9-11-31)14-18-2-1-3-19(12-18)23(25,26)27/h1-7,12-13,16H,8-11,14-15H2,(H,29,33). The zero-order valence-electron chi connectivity index (χ0n) is 17.7. The Morgan fingerprint density at radius 3 is 2.39 bits per heavy atom. The number of nitrogens with zero attached hydrogens (tertiary/aromatic N) is 4. The molecule has 0 unspecified atom stereocenters. The van der Waals surface area contributed by atoms with Crippen LogP contribution in [0.15, 0.2) is 60.9 Å². The van der Waals surface area contributed by atoms with Gasteiger partial charge in [0.25, 0.3) is 0 Å². The van der Waals surface area contributed by atoms with Crippen molar-refractivity contribution >= 4 is 23.0 Å². The summed E-state index contributed by atoms with van der Waals surface area (Å²) in [6.45, 7) is 3.73. The second-order valence-electron chi connectivity index (χ2n) is 7.94. The Morgan fingerprint density at radius 1 is 0.970 bits per heavy atom. The van der Waals surface area contributed by atoms with Gasteiger partial charge in [-0.15, -0.1) is 0 Å². The minimum atomic E-state index is -4.33. The van der Waals surface area contributed by atoms with E-state index in [1.165, 1.54) is 24.3 Å². The van der Waals surface area contributed by atoms with Gasteiger partial charge in [0.15, 0.2) is 5.11 Å². The minimum absolute atomic E-state index is 0.276. The van der Waals surface area contributed by atoms with E-state index in [-0.39, 0.29) is 5.82 Å². The number of nitrogens with one attached hydrogen (secondary N) is 1. The first-order valence-electron chi connectivity index (χ1n) is 10.5. The molecule has 10 heteroatoms. The number of thiocarbonyl (C=S) groups is 1. The maximum absolute atomic E-state index is 13.0. The fourth-order valence-electron chi connectivity index (χ4n) is 3.71. The first-order valence-corrected chi connectivity index (χ1v) is 10.9. The molecule has 0 bridgehead atoms. The SMILES string of the molecule is Fc1ccc(Cn2cc(NC(=S)N3CCN(Cc4cccc(C(F)(F)F)c4)CC3)cn2)cc1. The molecule has 5 nitrogen and oxygen atoms in total. The van der Waals surface area contributed by atoms with Crippen molar-refractivity contribution in [3.63, 3.8) is 0 Å². The molecule has 0 spiro atoms. The van der Waals surface area contributed by atoms with Crippen LogP contribution in [0.1, 0.15) is 16.7 Å². The lowest BCUT2D eigenvalue weighted by atomic mass is 10.1. The van der Waals surface area contributed by atoms with Crippen LogP contribution in [0.4, 0.5) is 23.2 Å². The number of benzene rings is 2. The Morgan fingerprint density at radius 2 is 1.70 bits per heavy atom. The summed E-state index contributed by atoms with van der Waals surface area (Å²) in [5, 5.41) is 8.07. The topological polar surface area (TPSA) is 36.3 Å². The summed E-state index contributed by atoms with van der Waals surface area (Å²) < 4.78 is 53.6. The van der Waals surface area contributed by atoms with Crippen LogP contribution < -0.4 is 5.32 Å². The molecule has 2 aromatic carbocycles. The summed E-state index contributed by atoms with van der Waals surface area (Å²) in [4.78, 5) is 4.16. The van der Waals surface area contributed by atoms with Gasteiger partial charge in [0, 0.05) is 38.9 Å². The average Bonchev–Trinajstić information content (AvgIpc) is 3.22. The maximum Gasteiger partial charge on any atom is 0.416 e. The Balaban J connectivity index is 1.26. The zero-order chi connectivity index (χ0) is 23.4. The second kappa shape index (κ2) is 9.88. The quantitative estimate of drug-likeness (QED) is 0.429. The van der Waals surface area contributed by atoms with Gasteiger partial charge >= 0.3 is 6.18 Å². The molecule has 2 heterocycles. The third-order valence-corrected chi connectivity index (χ3v) is 5.82. The highest BCUT2D eigenvalue weighted by molar-refractivity contribution is 7.80. The van der Waals surface area contributed by atoms with Gasteiger partial charge in [-0.3, -0.25) is 9.58 Å². The van der Waals surface area contributed by atoms with Gasteiger partial charge in [-0.1, -0.05) is 30.3 Å². The molecule has 0 radical (unpaired) electrons. The van der Waals surface area contributed by atoms with Gasteiger partial charge in [0.2, 0.25) is 0 Å². The van der Waals surface area contributed by atoms with Crippen LogP contribution in [0.5, 0.6) is 0 Å². The fourth-order valence-corrected chi connectivity index (χ4v) is 4.01. The first-order chi connectivity index (χ1) is 15.8. The molecule has 1 N–H and O–H groups in total. The van der Waals surface area contributed by atoms with E-state index in [2.05, 4.69) is 15.3 Å². The van der Waals surface area contributed by atoms with Crippen molar-refractivity contribution < 1.29 is 17.6 Å². The van der Waals surface area contributed by atoms with Crippen LogP contribution in [0, 0.1) is 5.82 Å². The molecule has 174 valence electrons. The van der Waals surface area contributed by atoms with Crippen LogP contribution in [0.2, 0.25) is 0 Å². The molecule has 0 amide bonds. The van der Waals surface area contributed by atoms with Gasteiger partial charge < -0.3 is 10.2 Å². The van der Waals surface area contributed by atoms with Crippen LogP contribution >= 0.6 is 12.2 Å². The van der Waals surface area contributed by atoms with Crippen LogP contribution in [0.25, 0.3) is 0 Å². The first kappa shape index (κ1) is 23.2. The monoisotopic (exact) mass is 477 g/mol. The molecule has 1 aromatic heterocycles. The lowest BCUT2D eigenvalue weighted by Crippen LogP contribution is -2.49. The molecule has 1 aliphatic heterocycles. The number of anilines is 1. The van der Waals surface area contributed by atoms with E-state index in [1.54, 1.807) is 29.1 Å². The zero-order valence-corrected chi connectivity index (χ0v) is 18.5. The Hall–Kier alpha value is -2.98. The molecule has 1 fully saturated rings. The predicted octanol–water partition coefficient (Wildman–Crippen LogP) is 4.60. The molecular formula is C23H23F4N5S. The maximum atomic E-state index is 13.0. The van der Waals surface area contributed by atoms with E-state index in [0.29, 0.717) is 49.9 Å². The van der Waals surface area contributed by atoms with E-state index in [4.69, 9.17) is 12.2 Å². The molecule has 3 aromatic rings. The minimum Gasteiger partial charge on any atom is -0.346 e. The number of rotatable bonds is 5. The summed E-state index contributed by atoms with van der Waals surface area (Å²) >= 11 is 5.53. The van der Waals surface area contributed by atoms with Gasteiger partial charge in [-0.2, -0.15) is 18.3 Å². The lowest BCUT2D eigenvalue weighted by molar-refractivity contribution is -0.137. The number of hydrogen-bond acceptors (Lipinski definition) is 3. The van der Waals surface area contributed by atoms with Crippen LogP contribution in [-0.2, 0) is 19.3 Å². The molecule has 0 saturated carbocycles. The van der Waals surface area contributed by atoms with E-state index >= 15 is 0 Å². The van der Waals surface area contributed by atoms with Gasteiger partial charge in [0.05, 0.1) is 24.0 Å². The average molecular weight is 478 g/mol. The number of alkyl halides is 3. The van der Waals surface area contributed by atoms with Crippen molar-refractivity contribution in [3.8, 4) is 0 Å². The molecule has 33 heavy (non-hydrogen) atoms. The van der Waals surface area contributed by atoms with Crippen molar-refractivity contribution in [2.75, 3.05) is 31.5 Å². The predicted molar refractivity (Wildman–Crippen MR) is 122 cm³/mol. The molecule has 0 atom stereocenters. The van der Waals surface area contributed by atoms with Crippen LogP contribution in [0.3, 0.4) is 0 Å². The van der Waals surface area contributed by atoms with Crippen molar-refractivity contribution in [1.29, 1.82) is 0 Å². The number of aromatic nitrogens is 2. The summed E-state index contributed by atoms with van der Waals surface area (Å²) in [5.41, 5.74) is 1.72. The van der Waals surface area contributed by atoms with Crippen molar-refractivity contribution in [3.05, 3.63) is 83.4 Å². The van der Waals surface area contributed by atoms with E-state index < -0.39 is 11.7 Å². The van der Waals surface area contributed by atoms with E-state index in [0.717, 1.165) is 17.3 Å². The van der Waals surface area contributed by atoms with Crippen molar-refractivity contribution in [2.24, 2.45) is 0 Å². The lowest BCUT2D eigenvalue weighted by Gasteiger charge is -2.36. The summed E-state index contributed by atoms with van der Waals surface area (Å²) in [7, 11) is 0. The second-order valence-corrected chi connectivity index (χ2v) is 8.33. The van der Waals surface area contributed by atoms with Gasteiger partial charge in [-0.25, -0.2) is 4.39 Å². The molecule has 4 rings (SSSR count). The molecule has 0 aliphatic carbocycles. The van der Waals surface area contributed by atoms with Gasteiger partial charge in [-0.05, 0) is 41.5 Å². The van der Waals surface area contributed by atoms with Gasteiger partial charge in [0.1, 0.15) is 5.82 Å². The molecule has 1 aliphatic rings. The third kappa shape index (κ3) is 6.29. The Bertz CT molecular complexity index is 1090. The smallest absolute Gasteiger partial charge is 0.346 e. The highest BCUT2D eigenvalue weighted by atomic mass is 32.1. The Kier molecular flexibility index (Phi) is 6.94. The fraction of sp³-hybridized carbons (Fsp3) is 0.304.